The fourth-order valence-corrected chi connectivity index (χ4v) is 2.73. The van der Waals surface area contributed by atoms with Crippen LogP contribution in [0.15, 0.2) is 34.9 Å². The minimum absolute atomic E-state index is 0.142. The number of aromatic nitrogens is 1. The minimum Gasteiger partial charge on any atom is -0.481 e. The number of sulfonamides is 1. The Balaban J connectivity index is 2.02. The van der Waals surface area contributed by atoms with E-state index in [9.17, 15) is 8.42 Å². The molecule has 1 aromatic heterocycles. The molecule has 7 heteroatoms. The van der Waals surface area contributed by atoms with Gasteiger partial charge in [-0.3, -0.25) is 0 Å². The Labute approximate surface area is 112 Å². The maximum absolute atomic E-state index is 12.0. The van der Waals surface area contributed by atoms with Crippen molar-refractivity contribution in [2.75, 3.05) is 26.7 Å². The molecule has 1 aromatic rings. The first-order valence-electron chi connectivity index (χ1n) is 6.00. The Kier molecular flexibility index (Phi) is 4.52. The summed E-state index contributed by atoms with van der Waals surface area (Å²) in [5.74, 6) is 0.389. The van der Waals surface area contributed by atoms with E-state index in [1.54, 1.807) is 0 Å². The van der Waals surface area contributed by atoms with Crippen LogP contribution in [0.2, 0.25) is 0 Å². The SMILES string of the molecule is COc1ccc(S(=O)(=O)NCC2=CCNCC2)cn1. The predicted octanol–water partition coefficient (Wildman–Crippen LogP) is 0.288. The molecule has 0 saturated carbocycles. The molecule has 1 aliphatic heterocycles. The summed E-state index contributed by atoms with van der Waals surface area (Å²) in [5.41, 5.74) is 1.10. The molecule has 104 valence electrons. The van der Waals surface area contributed by atoms with Gasteiger partial charge in [-0.05, 0) is 19.0 Å². The average Bonchev–Trinajstić information content (AvgIpc) is 2.46. The maximum Gasteiger partial charge on any atom is 0.242 e. The van der Waals surface area contributed by atoms with Gasteiger partial charge in [0.05, 0.1) is 13.3 Å². The van der Waals surface area contributed by atoms with Crippen molar-refractivity contribution in [2.45, 2.75) is 11.3 Å². The summed E-state index contributed by atoms with van der Waals surface area (Å²) in [7, 11) is -2.03. The molecule has 0 unspecified atom stereocenters. The lowest BCUT2D eigenvalue weighted by Crippen LogP contribution is -2.29. The van der Waals surface area contributed by atoms with E-state index in [1.807, 2.05) is 6.08 Å². The first-order valence-corrected chi connectivity index (χ1v) is 7.48. The smallest absolute Gasteiger partial charge is 0.242 e. The highest BCUT2D eigenvalue weighted by atomic mass is 32.2. The van der Waals surface area contributed by atoms with Gasteiger partial charge in [-0.15, -0.1) is 0 Å². The van der Waals surface area contributed by atoms with Crippen LogP contribution in [-0.4, -0.2) is 40.1 Å². The second-order valence-corrected chi connectivity index (χ2v) is 5.94. The van der Waals surface area contributed by atoms with Crippen molar-refractivity contribution in [1.82, 2.24) is 15.0 Å². The van der Waals surface area contributed by atoms with Crippen LogP contribution in [0.5, 0.6) is 5.88 Å². The minimum atomic E-state index is -3.51. The maximum atomic E-state index is 12.0. The van der Waals surface area contributed by atoms with Crippen molar-refractivity contribution in [3.05, 3.63) is 30.0 Å². The van der Waals surface area contributed by atoms with Crippen molar-refractivity contribution in [1.29, 1.82) is 0 Å². The molecule has 2 rings (SSSR count). The van der Waals surface area contributed by atoms with Gasteiger partial charge >= 0.3 is 0 Å². The predicted molar refractivity (Wildman–Crippen MR) is 71.5 cm³/mol. The van der Waals surface area contributed by atoms with Crippen molar-refractivity contribution < 1.29 is 13.2 Å². The Hall–Kier alpha value is -1.44. The van der Waals surface area contributed by atoms with Crippen LogP contribution in [0.3, 0.4) is 0 Å². The van der Waals surface area contributed by atoms with E-state index in [0.29, 0.717) is 12.4 Å². The highest BCUT2D eigenvalue weighted by Crippen LogP contribution is 2.12. The molecule has 0 amide bonds. The second-order valence-electron chi connectivity index (χ2n) is 4.18. The van der Waals surface area contributed by atoms with E-state index >= 15 is 0 Å². The molecule has 0 aromatic carbocycles. The number of pyridine rings is 1. The summed E-state index contributed by atoms with van der Waals surface area (Å²) < 4.78 is 31.6. The standard InChI is InChI=1S/C12H17N3O3S/c1-18-12-3-2-11(9-14-12)19(16,17)15-8-10-4-6-13-7-5-10/h2-4,9,13,15H,5-8H2,1H3. The largest absolute Gasteiger partial charge is 0.481 e. The number of nitrogens with zero attached hydrogens (tertiary/aromatic N) is 1. The molecule has 6 nitrogen and oxygen atoms in total. The summed E-state index contributed by atoms with van der Waals surface area (Å²) in [5, 5.41) is 3.18. The van der Waals surface area contributed by atoms with E-state index in [0.717, 1.165) is 25.1 Å². The monoisotopic (exact) mass is 283 g/mol. The van der Waals surface area contributed by atoms with Crippen LogP contribution in [0.1, 0.15) is 6.42 Å². The molecule has 0 radical (unpaired) electrons. The lowest BCUT2D eigenvalue weighted by molar-refractivity contribution is 0.397. The summed E-state index contributed by atoms with van der Waals surface area (Å²) in [6, 6.07) is 3.00. The van der Waals surface area contributed by atoms with Crippen molar-refractivity contribution in [2.24, 2.45) is 0 Å². The van der Waals surface area contributed by atoms with Crippen LogP contribution in [-0.2, 0) is 10.0 Å². The Bertz CT molecular complexity index is 552. The average molecular weight is 283 g/mol. The quantitative estimate of drug-likeness (QED) is 0.759. The van der Waals surface area contributed by atoms with E-state index in [-0.39, 0.29) is 4.90 Å². The lowest BCUT2D eigenvalue weighted by atomic mass is 10.1. The topological polar surface area (TPSA) is 80.3 Å². The Morgan fingerprint density at radius 1 is 1.47 bits per heavy atom. The second kappa shape index (κ2) is 6.14. The third-order valence-corrected chi connectivity index (χ3v) is 4.26. The van der Waals surface area contributed by atoms with Crippen LogP contribution in [0.25, 0.3) is 0 Å². The fourth-order valence-electron chi connectivity index (χ4n) is 1.75. The van der Waals surface area contributed by atoms with Gasteiger partial charge in [0.2, 0.25) is 15.9 Å². The van der Waals surface area contributed by atoms with E-state index < -0.39 is 10.0 Å². The molecule has 0 saturated heterocycles. The van der Waals surface area contributed by atoms with Crippen molar-refractivity contribution in [3.63, 3.8) is 0 Å². The third-order valence-electron chi connectivity index (χ3n) is 2.88. The summed E-state index contributed by atoms with van der Waals surface area (Å²) in [4.78, 5) is 4.03. The highest BCUT2D eigenvalue weighted by Gasteiger charge is 2.15. The molecule has 2 N–H and O–H groups in total. The number of hydrogen-bond donors (Lipinski definition) is 2. The molecule has 1 aliphatic rings. The van der Waals surface area contributed by atoms with E-state index in [1.165, 1.54) is 25.4 Å². The summed E-state index contributed by atoms with van der Waals surface area (Å²) in [6.07, 6.45) is 4.17. The lowest BCUT2D eigenvalue weighted by Gasteiger charge is -2.14. The van der Waals surface area contributed by atoms with Crippen LogP contribution in [0.4, 0.5) is 0 Å². The molecule has 2 heterocycles. The molecule has 19 heavy (non-hydrogen) atoms. The Morgan fingerprint density at radius 2 is 2.32 bits per heavy atom. The first kappa shape index (κ1) is 14.0. The molecule has 0 fully saturated rings. The molecule has 0 atom stereocenters. The van der Waals surface area contributed by atoms with Gasteiger partial charge in [-0.2, -0.15) is 0 Å². The van der Waals surface area contributed by atoms with E-state index in [2.05, 4.69) is 15.0 Å². The number of methoxy groups -OCH3 is 1. The normalized spacial score (nSPS) is 15.9. The fraction of sp³-hybridized carbons (Fsp3) is 0.417. The van der Waals surface area contributed by atoms with Gasteiger partial charge in [0.1, 0.15) is 4.90 Å². The van der Waals surface area contributed by atoms with Gasteiger partial charge < -0.3 is 10.1 Å². The van der Waals surface area contributed by atoms with Gasteiger partial charge in [0.25, 0.3) is 0 Å². The molecular weight excluding hydrogens is 266 g/mol. The zero-order chi connectivity index (χ0) is 13.7. The van der Waals surface area contributed by atoms with Crippen LogP contribution >= 0.6 is 0 Å². The number of hydrogen-bond acceptors (Lipinski definition) is 5. The number of rotatable bonds is 5. The number of nitrogens with one attached hydrogen (secondary N) is 2. The van der Waals surface area contributed by atoms with Gasteiger partial charge in [0.15, 0.2) is 0 Å². The third kappa shape index (κ3) is 3.76. The van der Waals surface area contributed by atoms with Crippen molar-refractivity contribution in [3.8, 4) is 5.88 Å². The number of ether oxygens (including phenoxy) is 1. The molecule has 0 bridgehead atoms. The van der Waals surface area contributed by atoms with Crippen LogP contribution < -0.4 is 14.8 Å². The molecular formula is C12H17N3O3S. The van der Waals surface area contributed by atoms with Gasteiger partial charge in [-0.25, -0.2) is 18.1 Å². The Morgan fingerprint density at radius 3 is 2.89 bits per heavy atom. The molecule has 0 aliphatic carbocycles. The van der Waals surface area contributed by atoms with Gasteiger partial charge in [0, 0.05) is 19.2 Å². The zero-order valence-electron chi connectivity index (χ0n) is 10.7. The highest BCUT2D eigenvalue weighted by molar-refractivity contribution is 7.89. The van der Waals surface area contributed by atoms with Gasteiger partial charge in [-0.1, -0.05) is 11.6 Å². The zero-order valence-corrected chi connectivity index (χ0v) is 11.5. The van der Waals surface area contributed by atoms with Crippen LogP contribution in [0, 0.1) is 0 Å². The summed E-state index contributed by atoms with van der Waals surface area (Å²) in [6.45, 7) is 2.02. The van der Waals surface area contributed by atoms with Crippen molar-refractivity contribution >= 4 is 10.0 Å². The summed E-state index contributed by atoms with van der Waals surface area (Å²) >= 11 is 0. The van der Waals surface area contributed by atoms with E-state index in [4.69, 9.17) is 4.74 Å². The molecule has 0 spiro atoms. The first-order chi connectivity index (χ1) is 9.12.